The minimum Gasteiger partial charge on any atom is -0.481 e. The van der Waals surface area contributed by atoms with Crippen molar-refractivity contribution in [3.05, 3.63) is 124 Å². The second-order valence-corrected chi connectivity index (χ2v) is 10.8. The SMILES string of the molecule is Cn1c(=O)n(-c2ccc(OCc3ccccc3)nc2OCc2ccccc2)c2cccc(C3=CCC(CC(=O)O)CC3)c21. The summed E-state index contributed by atoms with van der Waals surface area (Å²) in [6.07, 6.45) is 4.57. The minimum atomic E-state index is -0.765. The van der Waals surface area contributed by atoms with Gasteiger partial charge < -0.3 is 14.6 Å². The molecule has 8 heteroatoms. The Morgan fingerprint density at radius 1 is 0.907 bits per heavy atom. The van der Waals surface area contributed by atoms with E-state index in [0.29, 0.717) is 30.5 Å². The lowest BCUT2D eigenvalue weighted by atomic mass is 9.84. The second kappa shape index (κ2) is 12.4. The number of hydrogen-bond acceptors (Lipinski definition) is 5. The number of nitrogens with zero attached hydrogens (tertiary/aromatic N) is 3. The number of aliphatic carboxylic acids is 1. The van der Waals surface area contributed by atoms with Crippen LogP contribution in [0.5, 0.6) is 11.8 Å². The number of fused-ring (bicyclic) bond motifs is 1. The van der Waals surface area contributed by atoms with Crippen molar-refractivity contribution in [2.24, 2.45) is 13.0 Å². The largest absolute Gasteiger partial charge is 0.481 e. The highest BCUT2D eigenvalue weighted by Gasteiger charge is 2.23. The zero-order valence-electron chi connectivity index (χ0n) is 24.0. The predicted octanol–water partition coefficient (Wildman–Crippen LogP) is 6.54. The highest BCUT2D eigenvalue weighted by atomic mass is 16.5. The predicted molar refractivity (Wildman–Crippen MR) is 165 cm³/mol. The van der Waals surface area contributed by atoms with E-state index in [1.54, 1.807) is 22.2 Å². The average Bonchev–Trinajstić information content (AvgIpc) is 3.29. The quantitative estimate of drug-likeness (QED) is 0.203. The van der Waals surface area contributed by atoms with Crippen molar-refractivity contribution in [3.8, 4) is 17.4 Å². The van der Waals surface area contributed by atoms with Gasteiger partial charge in [0.15, 0.2) is 0 Å². The molecule has 1 aliphatic rings. The molecule has 6 rings (SSSR count). The van der Waals surface area contributed by atoms with Crippen LogP contribution in [-0.4, -0.2) is 25.2 Å². The van der Waals surface area contributed by atoms with E-state index in [0.717, 1.165) is 46.1 Å². The summed E-state index contributed by atoms with van der Waals surface area (Å²) in [7, 11) is 1.77. The Balaban J connectivity index is 1.39. The summed E-state index contributed by atoms with van der Waals surface area (Å²) in [5, 5.41) is 9.21. The zero-order valence-corrected chi connectivity index (χ0v) is 24.0. The van der Waals surface area contributed by atoms with E-state index < -0.39 is 5.97 Å². The van der Waals surface area contributed by atoms with E-state index in [4.69, 9.17) is 14.5 Å². The standard InChI is InChI=1S/C35H33N3O5/c1-37-33-28(27-17-15-24(16-18-27)21-32(39)40)13-8-14-29(33)38(35(37)41)30-19-20-31(42-22-25-9-4-2-5-10-25)36-34(30)43-23-26-11-6-3-7-12-26/h2-14,17,19-20,24H,15-16,18,21-23H2,1H3,(H,39,40). The van der Waals surface area contributed by atoms with Crippen LogP contribution < -0.4 is 15.2 Å². The van der Waals surface area contributed by atoms with Crippen LogP contribution in [-0.2, 0) is 25.1 Å². The van der Waals surface area contributed by atoms with Gasteiger partial charge in [-0.05, 0) is 54.0 Å². The molecule has 0 spiro atoms. The fraction of sp³-hybridized carbons (Fsp3) is 0.229. The zero-order chi connectivity index (χ0) is 29.8. The van der Waals surface area contributed by atoms with Gasteiger partial charge in [0.2, 0.25) is 11.8 Å². The highest BCUT2D eigenvalue weighted by molar-refractivity contribution is 5.91. The second-order valence-electron chi connectivity index (χ2n) is 10.8. The monoisotopic (exact) mass is 575 g/mol. The Kier molecular flexibility index (Phi) is 8.09. The van der Waals surface area contributed by atoms with Gasteiger partial charge in [-0.15, -0.1) is 0 Å². The average molecular weight is 576 g/mol. The van der Waals surface area contributed by atoms with Crippen molar-refractivity contribution < 1.29 is 19.4 Å². The first-order valence-electron chi connectivity index (χ1n) is 14.4. The molecule has 0 amide bonds. The molecule has 218 valence electrons. The van der Waals surface area contributed by atoms with Gasteiger partial charge in [0.1, 0.15) is 18.9 Å². The maximum Gasteiger partial charge on any atom is 0.333 e. The molecule has 8 nitrogen and oxygen atoms in total. The Hall–Kier alpha value is -5.11. The molecule has 5 aromatic rings. The molecule has 1 atom stereocenters. The maximum atomic E-state index is 13.8. The first-order chi connectivity index (χ1) is 21.0. The lowest BCUT2D eigenvalue weighted by molar-refractivity contribution is -0.138. The van der Waals surface area contributed by atoms with Crippen LogP contribution in [0.3, 0.4) is 0 Å². The first kappa shape index (κ1) is 28.0. The van der Waals surface area contributed by atoms with Gasteiger partial charge in [-0.1, -0.05) is 78.9 Å². The molecule has 0 fully saturated rings. The van der Waals surface area contributed by atoms with Crippen molar-refractivity contribution in [2.75, 3.05) is 0 Å². The lowest BCUT2D eigenvalue weighted by Gasteiger charge is -2.21. The van der Waals surface area contributed by atoms with Crippen LogP contribution in [0.1, 0.15) is 42.4 Å². The van der Waals surface area contributed by atoms with Gasteiger partial charge >= 0.3 is 11.7 Å². The van der Waals surface area contributed by atoms with Crippen molar-refractivity contribution in [1.82, 2.24) is 14.1 Å². The third kappa shape index (κ3) is 6.09. The number of ether oxygens (including phenoxy) is 2. The topological polar surface area (TPSA) is 95.6 Å². The Labute approximate surface area is 249 Å². The van der Waals surface area contributed by atoms with Gasteiger partial charge in [-0.2, -0.15) is 4.98 Å². The van der Waals surface area contributed by atoms with Crippen molar-refractivity contribution >= 4 is 22.6 Å². The van der Waals surface area contributed by atoms with Gasteiger partial charge in [0, 0.05) is 25.1 Å². The number of para-hydroxylation sites is 1. The van der Waals surface area contributed by atoms with E-state index >= 15 is 0 Å². The van der Waals surface area contributed by atoms with Crippen LogP contribution in [0.4, 0.5) is 0 Å². The number of carboxylic acid groups (broad SMARTS) is 1. The van der Waals surface area contributed by atoms with Crippen LogP contribution in [0.15, 0.2) is 102 Å². The third-order valence-electron chi connectivity index (χ3n) is 7.90. The summed E-state index contributed by atoms with van der Waals surface area (Å²) in [5.74, 6) is 0.0569. The highest BCUT2D eigenvalue weighted by Crippen LogP contribution is 2.36. The molecule has 0 bridgehead atoms. The summed E-state index contributed by atoms with van der Waals surface area (Å²) in [5.41, 5.74) is 5.96. The molecular formula is C35H33N3O5. The number of aryl methyl sites for hydroxylation is 1. The van der Waals surface area contributed by atoms with E-state index in [1.807, 2.05) is 84.9 Å². The summed E-state index contributed by atoms with van der Waals surface area (Å²) >= 11 is 0. The van der Waals surface area contributed by atoms with Gasteiger partial charge in [0.25, 0.3) is 0 Å². The van der Waals surface area contributed by atoms with Gasteiger partial charge in [-0.3, -0.25) is 13.9 Å². The molecule has 1 unspecified atom stereocenters. The minimum absolute atomic E-state index is 0.131. The number of allylic oxidation sites excluding steroid dienone is 2. The molecular weight excluding hydrogens is 542 g/mol. The molecule has 0 saturated carbocycles. The fourth-order valence-electron chi connectivity index (χ4n) is 5.70. The Bertz CT molecular complexity index is 1840. The van der Waals surface area contributed by atoms with Crippen LogP contribution in [0.2, 0.25) is 0 Å². The number of imidazole rings is 1. The molecule has 0 saturated heterocycles. The lowest BCUT2D eigenvalue weighted by Crippen LogP contribution is -2.22. The molecule has 2 aromatic heterocycles. The fourth-order valence-corrected chi connectivity index (χ4v) is 5.70. The van der Waals surface area contributed by atoms with Gasteiger partial charge in [-0.25, -0.2) is 4.79 Å². The van der Waals surface area contributed by atoms with E-state index in [9.17, 15) is 14.7 Å². The molecule has 43 heavy (non-hydrogen) atoms. The van der Waals surface area contributed by atoms with E-state index in [2.05, 4.69) is 6.08 Å². The number of benzene rings is 3. The number of carbonyl (C=O) groups is 1. The van der Waals surface area contributed by atoms with Crippen molar-refractivity contribution in [2.45, 2.75) is 38.9 Å². The third-order valence-corrected chi connectivity index (χ3v) is 7.90. The van der Waals surface area contributed by atoms with Gasteiger partial charge in [0.05, 0.1) is 11.0 Å². The first-order valence-corrected chi connectivity index (χ1v) is 14.4. The summed E-state index contributed by atoms with van der Waals surface area (Å²) < 4.78 is 15.6. The number of hydrogen-bond donors (Lipinski definition) is 1. The molecule has 0 radical (unpaired) electrons. The van der Waals surface area contributed by atoms with Crippen molar-refractivity contribution in [1.29, 1.82) is 0 Å². The van der Waals surface area contributed by atoms with Crippen molar-refractivity contribution in [3.63, 3.8) is 0 Å². The van der Waals surface area contributed by atoms with Crippen LogP contribution in [0, 0.1) is 5.92 Å². The maximum absolute atomic E-state index is 13.8. The summed E-state index contributed by atoms with van der Waals surface area (Å²) in [6, 6.07) is 29.1. The molecule has 0 aliphatic heterocycles. The smallest absolute Gasteiger partial charge is 0.333 e. The van der Waals surface area contributed by atoms with E-state index in [-0.39, 0.29) is 24.6 Å². The Morgan fingerprint density at radius 2 is 1.60 bits per heavy atom. The molecule has 1 N–H and O–H groups in total. The van der Waals surface area contributed by atoms with Crippen LogP contribution >= 0.6 is 0 Å². The summed E-state index contributed by atoms with van der Waals surface area (Å²) in [4.78, 5) is 29.8. The normalized spacial score (nSPS) is 14.8. The number of aromatic nitrogens is 3. The number of rotatable bonds is 10. The summed E-state index contributed by atoms with van der Waals surface area (Å²) in [6.45, 7) is 0.628. The Morgan fingerprint density at radius 3 is 2.26 bits per heavy atom. The molecule has 3 aromatic carbocycles. The van der Waals surface area contributed by atoms with Crippen LogP contribution in [0.25, 0.3) is 22.3 Å². The number of pyridine rings is 1. The van der Waals surface area contributed by atoms with E-state index in [1.165, 1.54) is 0 Å². The molecule has 2 heterocycles. The molecule has 1 aliphatic carbocycles. The number of carboxylic acids is 1.